The van der Waals surface area contributed by atoms with Crippen LogP contribution in [0.15, 0.2) is 4.34 Å². The van der Waals surface area contributed by atoms with Crippen LogP contribution in [0.3, 0.4) is 0 Å². The van der Waals surface area contributed by atoms with Crippen molar-refractivity contribution in [3.05, 3.63) is 16.0 Å². The quantitative estimate of drug-likeness (QED) is 0.498. The minimum absolute atomic E-state index is 0.105. The molecule has 2 N–H and O–H groups in total. The molecule has 2 aromatic heterocycles. The van der Waals surface area contributed by atoms with Crippen molar-refractivity contribution in [3.8, 4) is 6.07 Å². The molecule has 0 aromatic carbocycles. The first-order valence-electron chi connectivity index (χ1n) is 9.22. The zero-order valence-corrected chi connectivity index (χ0v) is 18.0. The zero-order valence-electron chi connectivity index (χ0n) is 15.5. The van der Waals surface area contributed by atoms with Crippen molar-refractivity contribution in [2.45, 2.75) is 62.0 Å². The number of rotatable bonds is 7. The predicted octanol–water partition coefficient (Wildman–Crippen LogP) is 4.68. The van der Waals surface area contributed by atoms with Gasteiger partial charge in [0.05, 0.1) is 10.8 Å². The molecule has 144 valence electrons. The second-order valence-corrected chi connectivity index (χ2v) is 10.1. The van der Waals surface area contributed by atoms with Crippen molar-refractivity contribution >= 4 is 50.5 Å². The van der Waals surface area contributed by atoms with Crippen LogP contribution in [0, 0.1) is 11.3 Å². The molecular formula is C18H23N5OS3. The number of aryl methyl sites for hydroxylation is 1. The minimum Gasteiger partial charge on any atom is -0.360 e. The van der Waals surface area contributed by atoms with E-state index in [1.54, 1.807) is 11.3 Å². The molecule has 0 saturated heterocycles. The number of thioether (sulfide) groups is 1. The fourth-order valence-electron chi connectivity index (χ4n) is 2.93. The maximum Gasteiger partial charge on any atom is 0.238 e. The number of thiophene rings is 1. The zero-order chi connectivity index (χ0) is 19.2. The van der Waals surface area contributed by atoms with Crippen LogP contribution >= 0.6 is 34.4 Å². The Morgan fingerprint density at radius 3 is 2.89 bits per heavy atom. The predicted molar refractivity (Wildman–Crippen MR) is 113 cm³/mol. The highest BCUT2D eigenvalue weighted by molar-refractivity contribution is 8.02. The average molecular weight is 422 g/mol. The smallest absolute Gasteiger partial charge is 0.238 e. The molecule has 1 amide bonds. The van der Waals surface area contributed by atoms with E-state index in [9.17, 15) is 10.1 Å². The molecule has 0 unspecified atom stereocenters. The maximum atomic E-state index is 12.7. The molecule has 0 aliphatic heterocycles. The summed E-state index contributed by atoms with van der Waals surface area (Å²) in [6, 6.07) is 2.31. The van der Waals surface area contributed by atoms with E-state index in [0.717, 1.165) is 53.7 Å². The lowest BCUT2D eigenvalue weighted by Crippen LogP contribution is -2.22. The summed E-state index contributed by atoms with van der Waals surface area (Å²) in [4.78, 5) is 13.9. The number of anilines is 2. The highest BCUT2D eigenvalue weighted by Crippen LogP contribution is 2.37. The van der Waals surface area contributed by atoms with Crippen molar-refractivity contribution in [2.24, 2.45) is 0 Å². The summed E-state index contributed by atoms with van der Waals surface area (Å²) in [7, 11) is 0. The van der Waals surface area contributed by atoms with Gasteiger partial charge < -0.3 is 10.6 Å². The van der Waals surface area contributed by atoms with Crippen LogP contribution in [-0.2, 0) is 17.6 Å². The SMILES string of the molecule is CCCNc1nnc(S[C@H](C)C(=O)Nc2sc3c(c2C#N)CCCCC3)s1. The Kier molecular flexibility index (Phi) is 7.10. The minimum atomic E-state index is -0.314. The van der Waals surface area contributed by atoms with E-state index < -0.39 is 0 Å². The molecule has 9 heteroatoms. The molecule has 2 aromatic rings. The normalized spacial score (nSPS) is 14.7. The number of nitriles is 1. The number of hydrogen-bond acceptors (Lipinski definition) is 8. The van der Waals surface area contributed by atoms with E-state index in [1.165, 1.54) is 34.4 Å². The van der Waals surface area contributed by atoms with Gasteiger partial charge in [-0.05, 0) is 44.6 Å². The van der Waals surface area contributed by atoms with Gasteiger partial charge >= 0.3 is 0 Å². The first kappa shape index (κ1) is 20.1. The third kappa shape index (κ3) is 5.00. The van der Waals surface area contributed by atoms with E-state index >= 15 is 0 Å². The number of nitrogens with zero attached hydrogens (tertiary/aromatic N) is 3. The van der Waals surface area contributed by atoms with Crippen molar-refractivity contribution in [3.63, 3.8) is 0 Å². The van der Waals surface area contributed by atoms with Crippen LogP contribution in [0.1, 0.15) is 55.5 Å². The first-order valence-corrected chi connectivity index (χ1v) is 11.7. The lowest BCUT2D eigenvalue weighted by atomic mass is 10.1. The molecule has 27 heavy (non-hydrogen) atoms. The lowest BCUT2D eigenvalue weighted by molar-refractivity contribution is -0.115. The summed E-state index contributed by atoms with van der Waals surface area (Å²) < 4.78 is 0.763. The van der Waals surface area contributed by atoms with Crippen LogP contribution in [0.4, 0.5) is 10.1 Å². The van der Waals surface area contributed by atoms with Gasteiger partial charge in [0.15, 0.2) is 4.34 Å². The van der Waals surface area contributed by atoms with Crippen LogP contribution in [0.5, 0.6) is 0 Å². The first-order chi connectivity index (χ1) is 13.1. The summed E-state index contributed by atoms with van der Waals surface area (Å²) in [6.07, 6.45) is 6.44. The molecule has 0 spiro atoms. The number of fused-ring (bicyclic) bond motifs is 1. The second kappa shape index (κ2) is 9.53. The van der Waals surface area contributed by atoms with Crippen LogP contribution in [0.2, 0.25) is 0 Å². The molecule has 6 nitrogen and oxygen atoms in total. The highest BCUT2D eigenvalue weighted by atomic mass is 32.2. The largest absolute Gasteiger partial charge is 0.360 e. The molecular weight excluding hydrogens is 398 g/mol. The van der Waals surface area contributed by atoms with Gasteiger partial charge in [0.2, 0.25) is 11.0 Å². The van der Waals surface area contributed by atoms with Crippen LogP contribution < -0.4 is 10.6 Å². The van der Waals surface area contributed by atoms with E-state index in [-0.39, 0.29) is 11.2 Å². The topological polar surface area (TPSA) is 90.7 Å². The Morgan fingerprint density at radius 2 is 2.11 bits per heavy atom. The van der Waals surface area contributed by atoms with Crippen molar-refractivity contribution in [1.82, 2.24) is 10.2 Å². The molecule has 3 rings (SSSR count). The molecule has 0 radical (unpaired) electrons. The van der Waals surface area contributed by atoms with Crippen molar-refractivity contribution < 1.29 is 4.79 Å². The van der Waals surface area contributed by atoms with Crippen LogP contribution in [-0.4, -0.2) is 27.9 Å². The highest BCUT2D eigenvalue weighted by Gasteiger charge is 2.23. The fourth-order valence-corrected chi connectivity index (χ4v) is 6.09. The number of amides is 1. The van der Waals surface area contributed by atoms with Gasteiger partial charge in [-0.3, -0.25) is 4.79 Å². The van der Waals surface area contributed by atoms with Gasteiger partial charge in [-0.25, -0.2) is 0 Å². The number of aromatic nitrogens is 2. The van der Waals surface area contributed by atoms with Gasteiger partial charge in [-0.1, -0.05) is 36.4 Å². The molecule has 1 aliphatic rings. The summed E-state index contributed by atoms with van der Waals surface area (Å²) in [5, 5.41) is 25.2. The standard InChI is InChI=1S/C18H23N5OS3/c1-3-9-20-17-22-23-18(27-17)25-11(2)15(24)21-16-13(10-19)12-7-5-4-6-8-14(12)26-16/h11H,3-9H2,1-2H3,(H,20,22)(H,21,24)/t11-/m1/s1. The molecule has 0 bridgehead atoms. The second-order valence-electron chi connectivity index (χ2n) is 6.43. The maximum absolute atomic E-state index is 12.7. The molecule has 1 aliphatic carbocycles. The van der Waals surface area contributed by atoms with E-state index in [0.29, 0.717) is 10.6 Å². The Labute approximate surface area is 171 Å². The van der Waals surface area contributed by atoms with Gasteiger partial charge in [0, 0.05) is 11.4 Å². The summed E-state index contributed by atoms with van der Waals surface area (Å²) in [5.74, 6) is -0.105. The summed E-state index contributed by atoms with van der Waals surface area (Å²) in [5.41, 5.74) is 1.80. The van der Waals surface area contributed by atoms with Crippen molar-refractivity contribution in [1.29, 1.82) is 5.26 Å². The molecule has 1 atom stereocenters. The van der Waals surface area contributed by atoms with Gasteiger partial charge in [-0.15, -0.1) is 21.5 Å². The molecule has 0 saturated carbocycles. The van der Waals surface area contributed by atoms with Crippen LogP contribution in [0.25, 0.3) is 0 Å². The van der Waals surface area contributed by atoms with E-state index in [2.05, 4.69) is 33.8 Å². The number of nitrogens with one attached hydrogen (secondary N) is 2. The summed E-state index contributed by atoms with van der Waals surface area (Å²) >= 11 is 4.41. The third-order valence-electron chi connectivity index (χ3n) is 4.35. The number of carbonyl (C=O) groups is 1. The Balaban J connectivity index is 1.65. The monoisotopic (exact) mass is 421 g/mol. The van der Waals surface area contributed by atoms with Crippen molar-refractivity contribution in [2.75, 3.05) is 17.2 Å². The molecule has 2 heterocycles. The van der Waals surface area contributed by atoms with Gasteiger partial charge in [0.1, 0.15) is 11.1 Å². The number of hydrogen-bond donors (Lipinski definition) is 2. The van der Waals surface area contributed by atoms with Gasteiger partial charge in [-0.2, -0.15) is 5.26 Å². The van der Waals surface area contributed by atoms with E-state index in [1.807, 2.05) is 6.92 Å². The Morgan fingerprint density at radius 1 is 1.30 bits per heavy atom. The third-order valence-corrected chi connectivity index (χ3v) is 7.62. The average Bonchev–Trinajstić information content (AvgIpc) is 3.16. The fraction of sp³-hybridized carbons (Fsp3) is 0.556. The summed E-state index contributed by atoms with van der Waals surface area (Å²) in [6.45, 7) is 4.80. The molecule has 0 fully saturated rings. The Bertz CT molecular complexity index is 839. The lowest BCUT2D eigenvalue weighted by Gasteiger charge is -2.09. The Hall–Kier alpha value is -1.63. The number of carbonyl (C=O) groups excluding carboxylic acids is 1. The van der Waals surface area contributed by atoms with Gasteiger partial charge in [0.25, 0.3) is 0 Å². The van der Waals surface area contributed by atoms with E-state index in [4.69, 9.17) is 0 Å².